The number of aryl methyl sites for hydroxylation is 1. The van der Waals surface area contributed by atoms with Gasteiger partial charge >= 0.3 is 0 Å². The molecule has 0 fully saturated rings. The van der Waals surface area contributed by atoms with Gasteiger partial charge in [0.1, 0.15) is 0 Å². The van der Waals surface area contributed by atoms with Gasteiger partial charge in [-0.15, -0.1) is 0 Å². The minimum atomic E-state index is -3.58. The number of nitrogens with one attached hydrogen (secondary N) is 1. The minimum Gasteiger partial charge on any atom is -0.280 e. The summed E-state index contributed by atoms with van der Waals surface area (Å²) in [6.45, 7) is 1.94. The number of hydrogen-bond donors (Lipinski definition) is 1. The number of sulfonamides is 1. The summed E-state index contributed by atoms with van der Waals surface area (Å²) >= 11 is 0. The van der Waals surface area contributed by atoms with E-state index in [9.17, 15) is 8.42 Å². The number of hydrogen-bond acceptors (Lipinski definition) is 4. The molecule has 0 heterocycles. The molecule has 0 saturated carbocycles. The molecule has 2 rings (SSSR count). The molecule has 0 bridgehead atoms. The Bertz CT molecular complexity index is 705. The van der Waals surface area contributed by atoms with Crippen molar-refractivity contribution in [3.63, 3.8) is 0 Å². The summed E-state index contributed by atoms with van der Waals surface area (Å²) in [7, 11) is -2.02. The zero-order valence-electron chi connectivity index (χ0n) is 11.2. The molecule has 5 nitrogen and oxygen atoms in total. The van der Waals surface area contributed by atoms with Crippen LogP contribution in [-0.4, -0.2) is 15.5 Å². The molecule has 0 aliphatic carbocycles. The van der Waals surface area contributed by atoms with Crippen molar-refractivity contribution in [1.29, 1.82) is 0 Å². The molecule has 2 aromatic carbocycles. The molecule has 0 amide bonds. The van der Waals surface area contributed by atoms with E-state index in [4.69, 9.17) is 0 Å². The Morgan fingerprint density at radius 1 is 0.950 bits per heavy atom. The van der Waals surface area contributed by atoms with E-state index >= 15 is 0 Å². The first kappa shape index (κ1) is 14.2. The number of rotatable bonds is 4. The van der Waals surface area contributed by atoms with E-state index in [1.165, 1.54) is 12.1 Å². The molecular weight excluding hydrogens is 274 g/mol. The highest BCUT2D eigenvalue weighted by Gasteiger charge is 2.13. The van der Waals surface area contributed by atoms with Crippen molar-refractivity contribution < 1.29 is 8.42 Å². The van der Waals surface area contributed by atoms with Crippen molar-refractivity contribution >= 4 is 21.4 Å². The van der Waals surface area contributed by atoms with E-state index in [1.807, 2.05) is 19.1 Å². The van der Waals surface area contributed by atoms with Crippen molar-refractivity contribution in [2.45, 2.75) is 11.8 Å². The summed E-state index contributed by atoms with van der Waals surface area (Å²) in [5.74, 6) is 0. The Kier molecular flexibility index (Phi) is 4.14. The third-order valence-corrected chi connectivity index (χ3v) is 4.06. The summed E-state index contributed by atoms with van der Waals surface area (Å²) < 4.78 is 26.9. The van der Waals surface area contributed by atoms with Crippen LogP contribution >= 0.6 is 0 Å². The normalized spacial score (nSPS) is 11.7. The van der Waals surface area contributed by atoms with Gasteiger partial charge in [0.25, 0.3) is 10.0 Å². The van der Waals surface area contributed by atoms with Crippen LogP contribution in [0.2, 0.25) is 0 Å². The summed E-state index contributed by atoms with van der Waals surface area (Å²) in [4.78, 5) is 0.188. The standard InChI is InChI=1S/C14H15N3O2S/c1-11-3-5-13(6-4-11)17-20(18,19)14-9-7-12(8-10-14)16-15-2/h3-10,17H,1-2H3. The van der Waals surface area contributed by atoms with Gasteiger partial charge in [-0.1, -0.05) is 17.7 Å². The predicted octanol–water partition coefficient (Wildman–Crippen LogP) is 3.51. The van der Waals surface area contributed by atoms with E-state index in [1.54, 1.807) is 31.3 Å². The largest absolute Gasteiger partial charge is 0.280 e. The highest BCUT2D eigenvalue weighted by Crippen LogP contribution is 2.19. The number of benzene rings is 2. The van der Waals surface area contributed by atoms with E-state index in [-0.39, 0.29) is 4.90 Å². The third kappa shape index (κ3) is 3.42. The smallest absolute Gasteiger partial charge is 0.261 e. The molecule has 2 aromatic rings. The Morgan fingerprint density at radius 3 is 2.10 bits per heavy atom. The highest BCUT2D eigenvalue weighted by molar-refractivity contribution is 7.92. The van der Waals surface area contributed by atoms with Crippen molar-refractivity contribution in [1.82, 2.24) is 0 Å². The second-order valence-corrected chi connectivity index (χ2v) is 5.95. The van der Waals surface area contributed by atoms with Crippen LogP contribution in [0.4, 0.5) is 11.4 Å². The van der Waals surface area contributed by atoms with Gasteiger partial charge < -0.3 is 0 Å². The van der Waals surface area contributed by atoms with Gasteiger partial charge in [0.2, 0.25) is 0 Å². The lowest BCUT2D eigenvalue weighted by Gasteiger charge is -2.08. The predicted molar refractivity (Wildman–Crippen MR) is 78.9 cm³/mol. The molecule has 0 radical (unpaired) electrons. The van der Waals surface area contributed by atoms with Gasteiger partial charge in [-0.2, -0.15) is 10.2 Å². The second kappa shape index (κ2) is 5.83. The fourth-order valence-corrected chi connectivity index (χ4v) is 2.70. The summed E-state index contributed by atoms with van der Waals surface area (Å²) in [6, 6.07) is 13.4. The molecule has 0 aliphatic rings. The van der Waals surface area contributed by atoms with Crippen LogP contribution in [-0.2, 0) is 10.0 Å². The van der Waals surface area contributed by atoms with Crippen LogP contribution in [0.3, 0.4) is 0 Å². The Morgan fingerprint density at radius 2 is 1.55 bits per heavy atom. The highest BCUT2D eigenvalue weighted by atomic mass is 32.2. The van der Waals surface area contributed by atoms with Crippen LogP contribution in [0, 0.1) is 6.92 Å². The lowest BCUT2D eigenvalue weighted by molar-refractivity contribution is 0.601. The molecule has 0 unspecified atom stereocenters. The second-order valence-electron chi connectivity index (χ2n) is 4.27. The Hall–Kier alpha value is -2.21. The molecule has 0 atom stereocenters. The number of anilines is 1. The lowest BCUT2D eigenvalue weighted by atomic mass is 10.2. The van der Waals surface area contributed by atoms with Crippen LogP contribution < -0.4 is 4.72 Å². The number of azo groups is 1. The van der Waals surface area contributed by atoms with Gasteiger partial charge in [-0.05, 0) is 43.3 Å². The van der Waals surface area contributed by atoms with Crippen molar-refractivity contribution in [3.8, 4) is 0 Å². The Balaban J connectivity index is 2.23. The van der Waals surface area contributed by atoms with Crippen molar-refractivity contribution in [3.05, 3.63) is 54.1 Å². The maximum Gasteiger partial charge on any atom is 0.261 e. The van der Waals surface area contributed by atoms with Gasteiger partial charge in [-0.25, -0.2) is 8.42 Å². The zero-order valence-corrected chi connectivity index (χ0v) is 12.1. The van der Waals surface area contributed by atoms with E-state index < -0.39 is 10.0 Å². The summed E-state index contributed by atoms with van der Waals surface area (Å²) in [5, 5.41) is 7.47. The third-order valence-electron chi connectivity index (χ3n) is 2.67. The fraction of sp³-hybridized carbons (Fsp3) is 0.143. The molecule has 0 aromatic heterocycles. The van der Waals surface area contributed by atoms with Crippen LogP contribution in [0.15, 0.2) is 63.7 Å². The van der Waals surface area contributed by atoms with Crippen molar-refractivity contribution in [2.75, 3.05) is 11.8 Å². The van der Waals surface area contributed by atoms with Gasteiger partial charge in [0.05, 0.1) is 10.6 Å². The molecule has 0 aliphatic heterocycles. The Labute approximate surface area is 118 Å². The molecule has 1 N–H and O–H groups in total. The van der Waals surface area contributed by atoms with Gasteiger partial charge in [-0.3, -0.25) is 4.72 Å². The van der Waals surface area contributed by atoms with Crippen LogP contribution in [0.5, 0.6) is 0 Å². The van der Waals surface area contributed by atoms with Crippen molar-refractivity contribution in [2.24, 2.45) is 10.2 Å². The van der Waals surface area contributed by atoms with Gasteiger partial charge in [0, 0.05) is 12.7 Å². The lowest BCUT2D eigenvalue weighted by Crippen LogP contribution is -2.12. The van der Waals surface area contributed by atoms with Crippen LogP contribution in [0.1, 0.15) is 5.56 Å². The monoisotopic (exact) mass is 289 g/mol. The maximum absolute atomic E-state index is 12.2. The molecule has 0 spiro atoms. The topological polar surface area (TPSA) is 70.9 Å². The van der Waals surface area contributed by atoms with E-state index in [0.29, 0.717) is 11.4 Å². The summed E-state index contributed by atoms with van der Waals surface area (Å²) in [6.07, 6.45) is 0. The minimum absolute atomic E-state index is 0.188. The molecule has 104 valence electrons. The van der Waals surface area contributed by atoms with E-state index in [0.717, 1.165) is 5.56 Å². The fourth-order valence-electron chi connectivity index (χ4n) is 1.64. The zero-order chi connectivity index (χ0) is 14.6. The quantitative estimate of drug-likeness (QED) is 0.875. The molecule has 6 heteroatoms. The van der Waals surface area contributed by atoms with Gasteiger partial charge in [0.15, 0.2) is 0 Å². The molecular formula is C14H15N3O2S. The first-order chi connectivity index (χ1) is 9.51. The molecule has 0 saturated heterocycles. The average Bonchev–Trinajstić information content (AvgIpc) is 2.42. The summed E-state index contributed by atoms with van der Waals surface area (Å²) in [5.41, 5.74) is 2.22. The SMILES string of the molecule is CN=Nc1ccc(S(=O)(=O)Nc2ccc(C)cc2)cc1. The maximum atomic E-state index is 12.2. The van der Waals surface area contributed by atoms with Crippen LogP contribution in [0.25, 0.3) is 0 Å². The van der Waals surface area contributed by atoms with E-state index in [2.05, 4.69) is 15.0 Å². The first-order valence-electron chi connectivity index (χ1n) is 6.01. The first-order valence-corrected chi connectivity index (χ1v) is 7.49. The molecule has 20 heavy (non-hydrogen) atoms. The average molecular weight is 289 g/mol. The number of nitrogens with zero attached hydrogens (tertiary/aromatic N) is 2.